The van der Waals surface area contributed by atoms with Gasteiger partial charge in [-0.05, 0) is 38.1 Å². The van der Waals surface area contributed by atoms with Gasteiger partial charge in [0, 0.05) is 11.7 Å². The Labute approximate surface area is 141 Å². The minimum Gasteiger partial charge on any atom is -0.497 e. The van der Waals surface area contributed by atoms with E-state index < -0.39 is 11.9 Å². The monoisotopic (exact) mass is 337 g/mol. The van der Waals surface area contributed by atoms with Crippen LogP contribution in [0.15, 0.2) is 24.3 Å². The van der Waals surface area contributed by atoms with Crippen LogP contribution in [-0.2, 0) is 9.59 Å². The molecule has 4 amide bonds. The summed E-state index contributed by atoms with van der Waals surface area (Å²) in [4.78, 5) is 35.8. The molecule has 1 aromatic rings. The number of hydrogen-bond acceptors (Lipinski definition) is 4. The zero-order valence-electron chi connectivity index (χ0n) is 14.4. The third-order valence-corrected chi connectivity index (χ3v) is 2.97. The molecule has 0 aliphatic carbocycles. The van der Waals surface area contributed by atoms with E-state index in [0.29, 0.717) is 16.3 Å². The molecule has 0 saturated carbocycles. The van der Waals surface area contributed by atoms with E-state index >= 15 is 0 Å². The van der Waals surface area contributed by atoms with Gasteiger partial charge in [0.25, 0.3) is 11.8 Å². The Morgan fingerprint density at radius 2 is 1.67 bits per heavy atom. The van der Waals surface area contributed by atoms with Gasteiger partial charge < -0.3 is 20.3 Å². The van der Waals surface area contributed by atoms with Crippen LogP contribution in [-0.4, -0.2) is 51.1 Å². The minimum atomic E-state index is -0.537. The van der Waals surface area contributed by atoms with Crippen LogP contribution in [0.3, 0.4) is 0 Å². The Morgan fingerprint density at radius 1 is 1.08 bits per heavy atom. The maximum absolute atomic E-state index is 12.0. The van der Waals surface area contributed by atoms with Crippen molar-refractivity contribution in [3.05, 3.63) is 24.3 Å². The highest BCUT2D eigenvalue weighted by Crippen LogP contribution is 2.14. The number of imide groups is 1. The summed E-state index contributed by atoms with van der Waals surface area (Å²) in [6.45, 7) is 3.71. The van der Waals surface area contributed by atoms with E-state index in [4.69, 9.17) is 4.74 Å². The fraction of sp³-hybridized carbons (Fsp3) is 0.438. The fourth-order valence-corrected chi connectivity index (χ4v) is 1.96. The Balaban J connectivity index is 2.37. The average molecular weight is 337 g/mol. The third kappa shape index (κ3) is 7.59. The third-order valence-electron chi connectivity index (χ3n) is 2.97. The van der Waals surface area contributed by atoms with Crippen molar-refractivity contribution in [1.82, 2.24) is 10.6 Å². The van der Waals surface area contributed by atoms with E-state index in [1.165, 1.54) is 0 Å². The summed E-state index contributed by atoms with van der Waals surface area (Å²) in [7, 11) is 3.27. The van der Waals surface area contributed by atoms with Crippen LogP contribution in [0.2, 0.25) is 0 Å². The molecule has 132 valence electrons. The van der Waals surface area contributed by atoms with Crippen molar-refractivity contribution in [3.63, 3.8) is 0 Å². The van der Waals surface area contributed by atoms with Crippen molar-refractivity contribution < 1.29 is 24.0 Å². The number of hydrogen-bond donors (Lipinski definition) is 4. The van der Waals surface area contributed by atoms with Crippen molar-refractivity contribution in [3.8, 4) is 5.75 Å². The molecule has 0 spiro atoms. The van der Waals surface area contributed by atoms with Gasteiger partial charge in [0.05, 0.1) is 14.2 Å². The summed E-state index contributed by atoms with van der Waals surface area (Å²) in [6.07, 6.45) is 0. The lowest BCUT2D eigenvalue weighted by atomic mass is 10.3. The van der Waals surface area contributed by atoms with Gasteiger partial charge in [-0.25, -0.2) is 4.79 Å². The van der Waals surface area contributed by atoms with Gasteiger partial charge in [0.2, 0.25) is 0 Å². The Kier molecular flexibility index (Phi) is 7.70. The van der Waals surface area contributed by atoms with Gasteiger partial charge in [0.1, 0.15) is 5.75 Å². The van der Waals surface area contributed by atoms with E-state index in [1.807, 2.05) is 0 Å². The summed E-state index contributed by atoms with van der Waals surface area (Å²) in [5, 5.41) is 7.52. The van der Waals surface area contributed by atoms with Crippen LogP contribution < -0.4 is 25.6 Å². The van der Waals surface area contributed by atoms with Crippen molar-refractivity contribution in [2.75, 3.05) is 32.6 Å². The molecule has 0 saturated heterocycles. The molecule has 24 heavy (non-hydrogen) atoms. The molecule has 1 aromatic carbocycles. The van der Waals surface area contributed by atoms with E-state index in [9.17, 15) is 14.4 Å². The Hall–Kier alpha value is -2.61. The summed E-state index contributed by atoms with van der Waals surface area (Å²) >= 11 is 0. The van der Waals surface area contributed by atoms with E-state index in [2.05, 4.69) is 16.0 Å². The normalized spacial score (nSPS) is 11.5. The molecule has 1 atom stereocenters. The molecule has 4 N–H and O–H groups in total. The first kappa shape index (κ1) is 19.4. The molecular formula is C16H25N4O4+. The zero-order chi connectivity index (χ0) is 18.1. The second-order valence-electron chi connectivity index (χ2n) is 5.76. The first-order valence-electron chi connectivity index (χ1n) is 7.65. The molecule has 0 fully saturated rings. The zero-order valence-corrected chi connectivity index (χ0v) is 14.4. The number of anilines is 1. The lowest BCUT2D eigenvalue weighted by molar-refractivity contribution is -0.862. The highest BCUT2D eigenvalue weighted by molar-refractivity contribution is 5.95. The molecule has 0 aromatic heterocycles. The highest BCUT2D eigenvalue weighted by atomic mass is 16.5. The van der Waals surface area contributed by atoms with E-state index in [-0.39, 0.29) is 25.0 Å². The summed E-state index contributed by atoms with van der Waals surface area (Å²) in [6, 6.07) is 6.35. The predicted molar refractivity (Wildman–Crippen MR) is 90.1 cm³/mol. The number of quaternary nitrogens is 1. The smallest absolute Gasteiger partial charge is 0.321 e. The van der Waals surface area contributed by atoms with Gasteiger partial charge >= 0.3 is 6.03 Å². The molecule has 1 rings (SSSR count). The molecule has 0 aliphatic heterocycles. The quantitative estimate of drug-likeness (QED) is 0.533. The fourth-order valence-electron chi connectivity index (χ4n) is 1.96. The van der Waals surface area contributed by atoms with Crippen molar-refractivity contribution in [2.24, 2.45) is 0 Å². The van der Waals surface area contributed by atoms with Crippen LogP contribution >= 0.6 is 0 Å². The molecule has 0 heterocycles. The summed E-state index contributed by atoms with van der Waals surface area (Å²) in [5.41, 5.74) is 0.648. The lowest BCUT2D eigenvalue weighted by Gasteiger charge is -2.14. The van der Waals surface area contributed by atoms with Crippen molar-refractivity contribution in [2.45, 2.75) is 19.9 Å². The number of urea groups is 1. The highest BCUT2D eigenvalue weighted by Gasteiger charge is 2.16. The van der Waals surface area contributed by atoms with Crippen LogP contribution in [0.4, 0.5) is 10.5 Å². The maximum atomic E-state index is 12.0. The SMILES string of the molecule is COc1ccc(NC(=O)C[NH+](C)CC(=O)NC(=O)NC(C)C)cc1. The van der Waals surface area contributed by atoms with Crippen LogP contribution in [0.1, 0.15) is 13.8 Å². The molecule has 0 radical (unpaired) electrons. The second-order valence-corrected chi connectivity index (χ2v) is 5.76. The predicted octanol–water partition coefficient (Wildman–Crippen LogP) is -0.617. The second kappa shape index (κ2) is 9.51. The number of nitrogens with one attached hydrogen (secondary N) is 4. The number of benzene rings is 1. The Bertz CT molecular complexity index is 572. The molecule has 1 unspecified atom stereocenters. The molecule has 8 nitrogen and oxygen atoms in total. The van der Waals surface area contributed by atoms with E-state index in [1.54, 1.807) is 52.3 Å². The topological polar surface area (TPSA) is 101 Å². The van der Waals surface area contributed by atoms with Gasteiger partial charge in [0.15, 0.2) is 13.1 Å². The molecule has 8 heteroatoms. The molecular weight excluding hydrogens is 312 g/mol. The number of carbonyl (C=O) groups excluding carboxylic acids is 3. The number of likely N-dealkylation sites (N-methyl/N-ethyl adjacent to an activating group) is 1. The number of amides is 4. The molecule has 0 aliphatic rings. The van der Waals surface area contributed by atoms with Gasteiger partial charge in [-0.2, -0.15) is 0 Å². The number of methoxy groups -OCH3 is 1. The van der Waals surface area contributed by atoms with Gasteiger partial charge in [-0.3, -0.25) is 14.9 Å². The van der Waals surface area contributed by atoms with Crippen LogP contribution in [0, 0.1) is 0 Å². The molecule has 0 bridgehead atoms. The number of carbonyl (C=O) groups is 3. The van der Waals surface area contributed by atoms with Gasteiger partial charge in [-0.15, -0.1) is 0 Å². The first-order chi connectivity index (χ1) is 11.3. The Morgan fingerprint density at radius 3 is 2.21 bits per heavy atom. The minimum absolute atomic E-state index is 0.0154. The first-order valence-corrected chi connectivity index (χ1v) is 7.65. The van der Waals surface area contributed by atoms with Crippen LogP contribution in [0.25, 0.3) is 0 Å². The van der Waals surface area contributed by atoms with Crippen molar-refractivity contribution in [1.29, 1.82) is 0 Å². The average Bonchev–Trinajstić information content (AvgIpc) is 2.46. The van der Waals surface area contributed by atoms with E-state index in [0.717, 1.165) is 0 Å². The van der Waals surface area contributed by atoms with Gasteiger partial charge in [-0.1, -0.05) is 0 Å². The van der Waals surface area contributed by atoms with Crippen molar-refractivity contribution >= 4 is 23.5 Å². The number of rotatable bonds is 7. The largest absolute Gasteiger partial charge is 0.497 e. The lowest BCUT2D eigenvalue weighted by Crippen LogP contribution is -3.11. The number of ether oxygens (including phenoxy) is 1. The standard InChI is InChI=1S/C16H24N4O4/c1-11(2)17-16(23)19-15(22)10-20(3)9-14(21)18-12-5-7-13(24-4)8-6-12/h5-8,11H,9-10H2,1-4H3,(H,18,21)(H2,17,19,22,23)/p+1. The summed E-state index contributed by atoms with van der Waals surface area (Å²) in [5.74, 6) is 0.0343. The maximum Gasteiger partial charge on any atom is 0.321 e. The van der Waals surface area contributed by atoms with Crippen LogP contribution in [0.5, 0.6) is 5.75 Å². The summed E-state index contributed by atoms with van der Waals surface area (Å²) < 4.78 is 5.04.